The molecule has 0 spiro atoms. The molecule has 0 aliphatic carbocycles. The Morgan fingerprint density at radius 1 is 1.15 bits per heavy atom. The average Bonchev–Trinajstić information content (AvgIpc) is 2.65. The molecule has 138 valence electrons. The second-order valence-corrected chi connectivity index (χ2v) is 7.30. The summed E-state index contributed by atoms with van der Waals surface area (Å²) in [4.78, 5) is 16.0. The minimum Gasteiger partial charge on any atom is -0.360 e. The van der Waals surface area contributed by atoms with Crippen LogP contribution in [-0.4, -0.2) is 38.1 Å². The van der Waals surface area contributed by atoms with E-state index in [0.29, 0.717) is 15.7 Å². The first-order valence-corrected chi connectivity index (χ1v) is 9.30. The highest BCUT2D eigenvalue weighted by Crippen LogP contribution is 2.25. The number of piperazine rings is 1. The maximum atomic E-state index is 13.1. The van der Waals surface area contributed by atoms with Crippen LogP contribution in [0.2, 0.25) is 10.0 Å². The first-order chi connectivity index (χ1) is 12.4. The molecule has 3 rings (SSSR count). The van der Waals surface area contributed by atoms with Gasteiger partial charge in [-0.25, -0.2) is 4.39 Å². The van der Waals surface area contributed by atoms with Crippen LogP contribution in [0.5, 0.6) is 0 Å². The molecule has 1 saturated heterocycles. The molecule has 0 aromatic heterocycles. The van der Waals surface area contributed by atoms with E-state index in [0.717, 1.165) is 31.9 Å². The Bertz CT molecular complexity index is 777. The van der Waals surface area contributed by atoms with Crippen LogP contribution in [0.1, 0.15) is 6.92 Å². The molecule has 0 bridgehead atoms. The Morgan fingerprint density at radius 2 is 1.81 bits per heavy atom. The monoisotopic (exact) mass is 396 g/mol. The zero-order chi connectivity index (χ0) is 18.7. The maximum Gasteiger partial charge on any atom is 0.282 e. The van der Waals surface area contributed by atoms with Gasteiger partial charge in [-0.2, -0.15) is 0 Å². The Morgan fingerprint density at radius 3 is 2.46 bits per heavy atom. The number of nitrogens with zero attached hydrogens (tertiary/aromatic N) is 1. The van der Waals surface area contributed by atoms with Crippen molar-refractivity contribution in [3.05, 3.63) is 58.3 Å². The summed E-state index contributed by atoms with van der Waals surface area (Å²) in [5.41, 5.74) is 1.54. The van der Waals surface area contributed by atoms with Gasteiger partial charge in [0.15, 0.2) is 6.04 Å². The normalized spacial score (nSPS) is 16.4. The van der Waals surface area contributed by atoms with Gasteiger partial charge >= 0.3 is 0 Å². The lowest BCUT2D eigenvalue weighted by Gasteiger charge is -2.36. The molecule has 4 nitrogen and oxygen atoms in total. The second-order valence-electron chi connectivity index (χ2n) is 6.46. The predicted octanol–water partition coefficient (Wildman–Crippen LogP) is 2.86. The zero-order valence-electron chi connectivity index (χ0n) is 14.4. The third kappa shape index (κ3) is 4.47. The summed E-state index contributed by atoms with van der Waals surface area (Å²) in [6.45, 7) is 5.20. The molecule has 1 aliphatic heterocycles. The van der Waals surface area contributed by atoms with Crippen molar-refractivity contribution in [3.63, 3.8) is 0 Å². The maximum absolute atomic E-state index is 13.1. The Labute approximate surface area is 162 Å². The van der Waals surface area contributed by atoms with Gasteiger partial charge in [-0.15, -0.1) is 0 Å². The number of rotatable bonds is 4. The average molecular weight is 397 g/mol. The van der Waals surface area contributed by atoms with E-state index in [2.05, 4.69) is 10.2 Å². The van der Waals surface area contributed by atoms with E-state index in [9.17, 15) is 9.18 Å². The lowest BCUT2D eigenvalue weighted by molar-refractivity contribution is -0.914. The summed E-state index contributed by atoms with van der Waals surface area (Å²) in [5, 5.41) is 3.86. The molecule has 2 N–H and O–H groups in total. The Balaban J connectivity index is 1.57. The van der Waals surface area contributed by atoms with Crippen molar-refractivity contribution in [3.8, 4) is 0 Å². The van der Waals surface area contributed by atoms with Crippen molar-refractivity contribution in [2.24, 2.45) is 0 Å². The fourth-order valence-electron chi connectivity index (χ4n) is 3.16. The van der Waals surface area contributed by atoms with E-state index in [1.165, 1.54) is 17.0 Å². The number of quaternary nitrogens is 1. The minimum atomic E-state index is -0.233. The number of amides is 1. The number of benzene rings is 2. The molecular formula is C19H21Cl2FN3O+. The van der Waals surface area contributed by atoms with Gasteiger partial charge in [-0.05, 0) is 49.4 Å². The van der Waals surface area contributed by atoms with Crippen molar-refractivity contribution in [1.29, 1.82) is 0 Å². The number of hydrogen-bond donors (Lipinski definition) is 2. The highest BCUT2D eigenvalue weighted by molar-refractivity contribution is 6.35. The third-order valence-corrected chi connectivity index (χ3v) is 5.35. The topological polar surface area (TPSA) is 36.8 Å². The van der Waals surface area contributed by atoms with Crippen LogP contribution in [0.25, 0.3) is 0 Å². The van der Waals surface area contributed by atoms with E-state index in [-0.39, 0.29) is 17.8 Å². The van der Waals surface area contributed by atoms with Crippen LogP contribution in [-0.2, 0) is 4.79 Å². The minimum absolute atomic E-state index is 0.0839. The summed E-state index contributed by atoms with van der Waals surface area (Å²) in [5.74, 6) is -0.317. The first-order valence-electron chi connectivity index (χ1n) is 8.55. The van der Waals surface area contributed by atoms with Crippen molar-refractivity contribution in [1.82, 2.24) is 0 Å². The number of hydrogen-bond acceptors (Lipinski definition) is 2. The number of nitrogens with one attached hydrogen (secondary N) is 2. The van der Waals surface area contributed by atoms with Crippen LogP contribution in [0.3, 0.4) is 0 Å². The van der Waals surface area contributed by atoms with Gasteiger partial charge in [-0.3, -0.25) is 4.79 Å². The summed E-state index contributed by atoms with van der Waals surface area (Å²) in [6, 6.07) is 11.3. The molecular weight excluding hydrogens is 376 g/mol. The molecule has 26 heavy (non-hydrogen) atoms. The van der Waals surface area contributed by atoms with Gasteiger partial charge in [0.2, 0.25) is 0 Å². The van der Waals surface area contributed by atoms with Crippen molar-refractivity contribution in [2.75, 3.05) is 36.4 Å². The van der Waals surface area contributed by atoms with Crippen LogP contribution in [0.4, 0.5) is 15.8 Å². The SMILES string of the molecule is C[C@H](C(=O)Nc1cc(Cl)ccc1Cl)[NH+]1CCN(c2ccc(F)cc2)CC1. The zero-order valence-corrected chi connectivity index (χ0v) is 15.9. The van der Waals surface area contributed by atoms with Crippen LogP contribution in [0.15, 0.2) is 42.5 Å². The predicted molar refractivity (Wildman–Crippen MR) is 104 cm³/mol. The van der Waals surface area contributed by atoms with Crippen LogP contribution >= 0.6 is 23.2 Å². The highest BCUT2D eigenvalue weighted by atomic mass is 35.5. The molecule has 1 atom stereocenters. The summed E-state index contributed by atoms with van der Waals surface area (Å²) in [6.07, 6.45) is 0. The Kier molecular flexibility index (Phi) is 6.01. The smallest absolute Gasteiger partial charge is 0.282 e. The van der Waals surface area contributed by atoms with E-state index in [1.54, 1.807) is 30.3 Å². The van der Waals surface area contributed by atoms with E-state index in [4.69, 9.17) is 23.2 Å². The van der Waals surface area contributed by atoms with E-state index in [1.807, 2.05) is 6.92 Å². The number of carbonyl (C=O) groups is 1. The Hall–Kier alpha value is -1.82. The van der Waals surface area contributed by atoms with E-state index >= 15 is 0 Å². The highest BCUT2D eigenvalue weighted by Gasteiger charge is 2.29. The summed E-state index contributed by atoms with van der Waals surface area (Å²) >= 11 is 12.1. The van der Waals surface area contributed by atoms with Gasteiger partial charge < -0.3 is 15.1 Å². The molecule has 0 radical (unpaired) electrons. The van der Waals surface area contributed by atoms with Crippen molar-refractivity contribution < 1.29 is 14.1 Å². The lowest BCUT2D eigenvalue weighted by Crippen LogP contribution is -3.19. The molecule has 1 heterocycles. The van der Waals surface area contributed by atoms with Gasteiger partial charge in [0.05, 0.1) is 36.9 Å². The third-order valence-electron chi connectivity index (χ3n) is 4.79. The molecule has 1 fully saturated rings. The molecule has 0 saturated carbocycles. The molecule has 2 aromatic rings. The number of halogens is 3. The molecule has 1 amide bonds. The molecule has 2 aromatic carbocycles. The number of carbonyl (C=O) groups excluding carboxylic acids is 1. The van der Waals surface area contributed by atoms with Gasteiger partial charge in [0.25, 0.3) is 5.91 Å². The number of anilines is 2. The van der Waals surface area contributed by atoms with Crippen LogP contribution < -0.4 is 15.1 Å². The summed E-state index contributed by atoms with van der Waals surface area (Å²) < 4.78 is 13.1. The van der Waals surface area contributed by atoms with E-state index < -0.39 is 0 Å². The van der Waals surface area contributed by atoms with Gasteiger partial charge in [0, 0.05) is 10.7 Å². The van der Waals surface area contributed by atoms with Crippen LogP contribution in [0, 0.1) is 5.82 Å². The first kappa shape index (κ1) is 19.0. The molecule has 7 heteroatoms. The van der Waals surface area contributed by atoms with Crippen molar-refractivity contribution >= 4 is 40.5 Å². The fraction of sp³-hybridized carbons (Fsp3) is 0.316. The quantitative estimate of drug-likeness (QED) is 0.833. The standard InChI is InChI=1S/C19H20Cl2FN3O/c1-13(19(26)23-18-12-14(20)2-7-17(18)21)24-8-10-25(11-9-24)16-5-3-15(22)4-6-16/h2-7,12-13H,8-11H2,1H3,(H,23,26)/p+1/t13-/m1/s1. The largest absolute Gasteiger partial charge is 0.360 e. The molecule has 1 aliphatic rings. The van der Waals surface area contributed by atoms with Crippen molar-refractivity contribution in [2.45, 2.75) is 13.0 Å². The van der Waals surface area contributed by atoms with Gasteiger partial charge in [-0.1, -0.05) is 23.2 Å². The fourth-order valence-corrected chi connectivity index (χ4v) is 3.49. The van der Waals surface area contributed by atoms with Gasteiger partial charge in [0.1, 0.15) is 5.82 Å². The second kappa shape index (κ2) is 8.25. The molecule has 0 unspecified atom stereocenters. The lowest BCUT2D eigenvalue weighted by atomic mass is 10.2. The summed E-state index contributed by atoms with van der Waals surface area (Å²) in [7, 11) is 0.